The number of benzene rings is 2. The maximum atomic E-state index is 14.0. The van der Waals surface area contributed by atoms with Gasteiger partial charge in [-0.25, -0.2) is 9.18 Å². The Morgan fingerprint density at radius 2 is 1.63 bits per heavy atom. The topological polar surface area (TPSA) is 99.6 Å². The largest absolute Gasteiger partial charge is 0.368 e. The monoisotopic (exact) mass is 518 g/mol. The summed E-state index contributed by atoms with van der Waals surface area (Å²) in [6, 6.07) is 14.7. The first-order valence-electron chi connectivity index (χ1n) is 12.9. The van der Waals surface area contributed by atoms with Crippen LogP contribution in [0.2, 0.25) is 0 Å². The molecule has 1 saturated heterocycles. The van der Waals surface area contributed by atoms with E-state index in [1.165, 1.54) is 18.3 Å². The molecule has 1 saturated carbocycles. The summed E-state index contributed by atoms with van der Waals surface area (Å²) in [6.07, 6.45) is 4.40. The summed E-state index contributed by atoms with van der Waals surface area (Å²) in [5.74, 6) is -0.320. The van der Waals surface area contributed by atoms with Crippen molar-refractivity contribution >= 4 is 35.0 Å². The normalized spacial score (nSPS) is 16.8. The molecule has 2 N–H and O–H groups in total. The molecule has 198 valence electrons. The van der Waals surface area contributed by atoms with Crippen LogP contribution in [0.1, 0.15) is 38.2 Å². The third-order valence-corrected chi connectivity index (χ3v) is 7.55. The number of halogens is 1. The fourth-order valence-corrected chi connectivity index (χ4v) is 5.42. The van der Waals surface area contributed by atoms with Crippen molar-refractivity contribution in [2.24, 2.45) is 0 Å². The Labute approximate surface area is 220 Å². The lowest BCUT2D eigenvalue weighted by Crippen LogP contribution is -2.48. The third-order valence-electron chi connectivity index (χ3n) is 7.55. The number of piperazine rings is 1. The van der Waals surface area contributed by atoms with E-state index in [0.717, 1.165) is 36.3 Å². The molecule has 3 amide bonds. The summed E-state index contributed by atoms with van der Waals surface area (Å²) >= 11 is 0. The van der Waals surface area contributed by atoms with E-state index < -0.39 is 11.4 Å². The number of rotatable bonds is 5. The van der Waals surface area contributed by atoms with E-state index in [4.69, 9.17) is 0 Å². The van der Waals surface area contributed by atoms with Crippen LogP contribution < -0.4 is 15.5 Å². The predicted molar refractivity (Wildman–Crippen MR) is 143 cm³/mol. The van der Waals surface area contributed by atoms with Crippen molar-refractivity contribution in [2.45, 2.75) is 38.0 Å². The van der Waals surface area contributed by atoms with E-state index in [2.05, 4.69) is 20.6 Å². The minimum absolute atomic E-state index is 0.0873. The van der Waals surface area contributed by atoms with E-state index in [1.54, 1.807) is 25.1 Å². The molecule has 0 radical (unpaired) electrons. The minimum atomic E-state index is -0.848. The number of aromatic nitrogens is 2. The van der Waals surface area contributed by atoms with Gasteiger partial charge in [-0.1, -0.05) is 25.0 Å². The molecule has 38 heavy (non-hydrogen) atoms. The zero-order valence-corrected chi connectivity index (χ0v) is 21.3. The average molecular weight is 519 g/mol. The quantitative estimate of drug-likeness (QED) is 0.527. The number of amides is 3. The average Bonchev–Trinajstić information content (AvgIpc) is 3.60. The fourth-order valence-electron chi connectivity index (χ4n) is 5.42. The summed E-state index contributed by atoms with van der Waals surface area (Å²) in [5, 5.41) is 9.79. The van der Waals surface area contributed by atoms with Crippen molar-refractivity contribution in [1.82, 2.24) is 14.7 Å². The minimum Gasteiger partial charge on any atom is -0.368 e. The van der Waals surface area contributed by atoms with Gasteiger partial charge in [-0.05, 0) is 54.8 Å². The molecule has 2 aliphatic rings. The van der Waals surface area contributed by atoms with Crippen molar-refractivity contribution in [2.75, 3.05) is 41.7 Å². The van der Waals surface area contributed by atoms with Crippen LogP contribution >= 0.6 is 0 Å². The molecule has 1 aromatic heterocycles. The number of nitrogens with one attached hydrogen (secondary N) is 2. The van der Waals surface area contributed by atoms with Crippen molar-refractivity contribution in [1.29, 1.82) is 0 Å². The van der Waals surface area contributed by atoms with Crippen LogP contribution in [0, 0.1) is 5.82 Å². The molecule has 2 aromatic carbocycles. The predicted octanol–water partition coefficient (Wildman–Crippen LogP) is 4.22. The smallest absolute Gasteiger partial charge is 0.348 e. The first-order chi connectivity index (χ1) is 18.4. The van der Waals surface area contributed by atoms with Crippen LogP contribution in [-0.4, -0.2) is 58.7 Å². The van der Waals surface area contributed by atoms with Gasteiger partial charge in [0.05, 0.1) is 11.6 Å². The van der Waals surface area contributed by atoms with Gasteiger partial charge in [-0.2, -0.15) is 9.78 Å². The third kappa shape index (κ3) is 5.11. The first-order valence-corrected chi connectivity index (χ1v) is 12.9. The van der Waals surface area contributed by atoms with Gasteiger partial charge in [0.1, 0.15) is 11.6 Å². The maximum absolute atomic E-state index is 14.0. The number of hydrogen-bond donors (Lipinski definition) is 2. The van der Waals surface area contributed by atoms with Crippen LogP contribution in [0.15, 0.2) is 60.8 Å². The van der Waals surface area contributed by atoms with E-state index >= 15 is 0 Å². The standard InChI is InChI=1S/C28H31FN6O3/c1-20(36)33-15-17-34(18-16-33)24-9-7-23(8-10-24)31-27(38)35-25(11-14-30-35)32-26(37)28(12-2-3-13-28)21-5-4-6-22(29)19-21/h4-11,14,19H,2-3,12-13,15-18H2,1H3,(H,31,38)(H,32,37). The highest BCUT2D eigenvalue weighted by Crippen LogP contribution is 2.42. The number of hydrogen-bond acceptors (Lipinski definition) is 5. The SMILES string of the molecule is CC(=O)N1CCN(c2ccc(NC(=O)n3nccc3NC(=O)C3(c4cccc(F)c4)CCCC3)cc2)CC1. The van der Waals surface area contributed by atoms with Crippen molar-refractivity contribution in [3.63, 3.8) is 0 Å². The summed E-state index contributed by atoms with van der Waals surface area (Å²) in [6.45, 7) is 4.45. The molecule has 9 nitrogen and oxygen atoms in total. The van der Waals surface area contributed by atoms with Crippen molar-refractivity contribution in [3.05, 3.63) is 72.2 Å². The van der Waals surface area contributed by atoms with Crippen LogP contribution in [0.4, 0.5) is 26.4 Å². The van der Waals surface area contributed by atoms with Gasteiger partial charge in [-0.15, -0.1) is 0 Å². The number of nitrogens with zero attached hydrogens (tertiary/aromatic N) is 4. The number of anilines is 3. The van der Waals surface area contributed by atoms with Gasteiger partial charge in [0.25, 0.3) is 0 Å². The Kier molecular flexibility index (Phi) is 7.13. The highest BCUT2D eigenvalue weighted by atomic mass is 19.1. The van der Waals surface area contributed by atoms with Gasteiger partial charge >= 0.3 is 6.03 Å². The Hall–Kier alpha value is -4.21. The second kappa shape index (κ2) is 10.6. The van der Waals surface area contributed by atoms with E-state index in [-0.39, 0.29) is 23.4 Å². The molecule has 0 unspecified atom stereocenters. The number of carbonyl (C=O) groups is 3. The van der Waals surface area contributed by atoms with E-state index in [1.807, 2.05) is 29.2 Å². The Morgan fingerprint density at radius 3 is 2.29 bits per heavy atom. The van der Waals surface area contributed by atoms with Crippen LogP contribution in [0.5, 0.6) is 0 Å². The zero-order valence-electron chi connectivity index (χ0n) is 21.3. The van der Waals surface area contributed by atoms with Crippen molar-refractivity contribution < 1.29 is 18.8 Å². The molecule has 2 heterocycles. The fraction of sp³-hybridized carbons (Fsp3) is 0.357. The molecule has 0 atom stereocenters. The summed E-state index contributed by atoms with van der Waals surface area (Å²) < 4.78 is 15.1. The molecular weight excluding hydrogens is 487 g/mol. The second-order valence-corrected chi connectivity index (χ2v) is 9.85. The van der Waals surface area contributed by atoms with E-state index in [9.17, 15) is 18.8 Å². The molecule has 2 fully saturated rings. The van der Waals surface area contributed by atoms with Gasteiger partial charge in [-0.3, -0.25) is 9.59 Å². The molecular formula is C28H31FN6O3. The van der Waals surface area contributed by atoms with Crippen molar-refractivity contribution in [3.8, 4) is 0 Å². The summed E-state index contributed by atoms with van der Waals surface area (Å²) in [5.41, 5.74) is 1.39. The zero-order chi connectivity index (χ0) is 26.7. The van der Waals surface area contributed by atoms with Gasteiger partial charge in [0.15, 0.2) is 0 Å². The lowest BCUT2D eigenvalue weighted by atomic mass is 9.78. The van der Waals surface area contributed by atoms with Crippen LogP contribution in [0.3, 0.4) is 0 Å². The Bertz CT molecular complexity index is 1320. The molecule has 0 bridgehead atoms. The Balaban J connectivity index is 1.25. The maximum Gasteiger partial charge on any atom is 0.348 e. The highest BCUT2D eigenvalue weighted by molar-refractivity contribution is 6.01. The summed E-state index contributed by atoms with van der Waals surface area (Å²) in [7, 11) is 0. The van der Waals surface area contributed by atoms with Gasteiger partial charge in [0.2, 0.25) is 11.8 Å². The lowest BCUT2D eigenvalue weighted by molar-refractivity contribution is -0.129. The molecule has 0 spiro atoms. The first kappa shape index (κ1) is 25.4. The number of carbonyl (C=O) groups excluding carboxylic acids is 3. The highest BCUT2D eigenvalue weighted by Gasteiger charge is 2.43. The van der Waals surface area contributed by atoms with Gasteiger partial charge in [0, 0.05) is 50.5 Å². The Morgan fingerprint density at radius 1 is 0.921 bits per heavy atom. The molecule has 1 aliphatic carbocycles. The molecule has 1 aliphatic heterocycles. The molecule has 3 aromatic rings. The second-order valence-electron chi connectivity index (χ2n) is 9.85. The van der Waals surface area contributed by atoms with Gasteiger partial charge < -0.3 is 20.4 Å². The van der Waals surface area contributed by atoms with E-state index in [0.29, 0.717) is 37.2 Å². The molecule has 10 heteroatoms. The molecule has 5 rings (SSSR count). The lowest BCUT2D eigenvalue weighted by Gasteiger charge is -2.35. The summed E-state index contributed by atoms with van der Waals surface area (Å²) in [4.78, 5) is 42.1. The van der Waals surface area contributed by atoms with Crippen LogP contribution in [-0.2, 0) is 15.0 Å². The van der Waals surface area contributed by atoms with Crippen LogP contribution in [0.25, 0.3) is 0 Å².